The van der Waals surface area contributed by atoms with E-state index in [9.17, 15) is 0 Å². The molecule has 0 aliphatic carbocycles. The van der Waals surface area contributed by atoms with Crippen LogP contribution in [-0.4, -0.2) is 42.6 Å². The Balaban J connectivity index is 1.88. The molecule has 4 heteroatoms. The molecular weight excluding hydrogens is 188 g/mol. The zero-order chi connectivity index (χ0) is 10.5. The molecule has 1 aromatic rings. The van der Waals surface area contributed by atoms with Crippen molar-refractivity contribution >= 4 is 0 Å². The average Bonchev–Trinajstić information content (AvgIpc) is 2.31. The molecule has 1 saturated heterocycles. The Kier molecular flexibility index (Phi) is 3.66. The predicted molar refractivity (Wildman–Crippen MR) is 60.5 cm³/mol. The molecule has 3 N–H and O–H groups in total. The summed E-state index contributed by atoms with van der Waals surface area (Å²) in [7, 11) is 0. The molecule has 0 saturated carbocycles. The van der Waals surface area contributed by atoms with Gasteiger partial charge in [0.15, 0.2) is 0 Å². The van der Waals surface area contributed by atoms with E-state index in [0.29, 0.717) is 0 Å². The first-order valence-electron chi connectivity index (χ1n) is 5.45. The smallest absolute Gasteiger partial charge is 0.0425 e. The van der Waals surface area contributed by atoms with E-state index in [1.54, 1.807) is 12.4 Å². The number of nitrogens with zero attached hydrogens (tertiary/aromatic N) is 2. The molecule has 2 heterocycles. The fourth-order valence-corrected chi connectivity index (χ4v) is 1.89. The van der Waals surface area contributed by atoms with Crippen LogP contribution in [0.3, 0.4) is 0 Å². The van der Waals surface area contributed by atoms with Crippen LogP contribution < -0.4 is 11.1 Å². The Hall–Kier alpha value is -0.970. The van der Waals surface area contributed by atoms with Crippen molar-refractivity contribution in [3.05, 3.63) is 30.1 Å². The molecule has 0 spiro atoms. The lowest BCUT2D eigenvalue weighted by atomic mass is 10.1. The van der Waals surface area contributed by atoms with Crippen LogP contribution in [0.2, 0.25) is 0 Å². The van der Waals surface area contributed by atoms with Crippen molar-refractivity contribution in [1.82, 2.24) is 15.2 Å². The highest BCUT2D eigenvalue weighted by molar-refractivity contribution is 5.14. The standard InChI is InChI=1S/C11H18N4/c12-11(10-1-3-13-4-2-10)9-15-7-5-14-6-8-15/h1-4,11,14H,5-9,12H2. The van der Waals surface area contributed by atoms with E-state index in [-0.39, 0.29) is 6.04 Å². The largest absolute Gasteiger partial charge is 0.323 e. The number of rotatable bonds is 3. The molecule has 0 amide bonds. The summed E-state index contributed by atoms with van der Waals surface area (Å²) in [5.41, 5.74) is 7.31. The Labute approximate surface area is 90.5 Å². The quantitative estimate of drug-likeness (QED) is 0.730. The lowest BCUT2D eigenvalue weighted by molar-refractivity contribution is 0.228. The number of aromatic nitrogens is 1. The van der Waals surface area contributed by atoms with E-state index in [1.807, 2.05) is 12.1 Å². The van der Waals surface area contributed by atoms with Crippen molar-refractivity contribution in [3.63, 3.8) is 0 Å². The summed E-state index contributed by atoms with van der Waals surface area (Å²) in [6.07, 6.45) is 3.60. The Morgan fingerprint density at radius 3 is 2.67 bits per heavy atom. The summed E-state index contributed by atoms with van der Waals surface area (Å²) >= 11 is 0. The van der Waals surface area contributed by atoms with Crippen LogP contribution in [0, 0.1) is 0 Å². The molecule has 1 fully saturated rings. The number of hydrogen-bond acceptors (Lipinski definition) is 4. The third kappa shape index (κ3) is 2.99. The summed E-state index contributed by atoms with van der Waals surface area (Å²) in [6, 6.07) is 4.09. The highest BCUT2D eigenvalue weighted by atomic mass is 15.2. The van der Waals surface area contributed by atoms with Gasteiger partial charge in [-0.15, -0.1) is 0 Å². The fourth-order valence-electron chi connectivity index (χ4n) is 1.89. The summed E-state index contributed by atoms with van der Waals surface area (Å²) < 4.78 is 0. The molecule has 2 rings (SSSR count). The van der Waals surface area contributed by atoms with Gasteiger partial charge in [-0.1, -0.05) is 0 Å². The molecule has 0 bridgehead atoms. The van der Waals surface area contributed by atoms with Crippen LogP contribution in [0.1, 0.15) is 11.6 Å². The second-order valence-electron chi connectivity index (χ2n) is 3.94. The van der Waals surface area contributed by atoms with Gasteiger partial charge in [0.2, 0.25) is 0 Å². The Morgan fingerprint density at radius 1 is 1.33 bits per heavy atom. The van der Waals surface area contributed by atoms with Crippen LogP contribution >= 0.6 is 0 Å². The van der Waals surface area contributed by atoms with Crippen molar-refractivity contribution in [2.24, 2.45) is 5.73 Å². The maximum absolute atomic E-state index is 6.14. The lowest BCUT2D eigenvalue weighted by Crippen LogP contribution is -2.45. The number of nitrogens with one attached hydrogen (secondary N) is 1. The van der Waals surface area contributed by atoms with Crippen molar-refractivity contribution in [3.8, 4) is 0 Å². The third-order valence-electron chi connectivity index (χ3n) is 2.80. The monoisotopic (exact) mass is 206 g/mol. The maximum atomic E-state index is 6.14. The van der Waals surface area contributed by atoms with Gasteiger partial charge in [-0.3, -0.25) is 9.88 Å². The highest BCUT2D eigenvalue weighted by Crippen LogP contribution is 2.10. The van der Waals surface area contributed by atoms with Crippen LogP contribution in [-0.2, 0) is 0 Å². The molecule has 0 radical (unpaired) electrons. The predicted octanol–water partition coefficient (Wildman–Crippen LogP) is -0.0134. The summed E-state index contributed by atoms with van der Waals surface area (Å²) in [4.78, 5) is 6.40. The molecule has 0 aromatic carbocycles. The van der Waals surface area contributed by atoms with Crippen molar-refractivity contribution in [1.29, 1.82) is 0 Å². The molecule has 1 aliphatic heterocycles. The molecule has 1 atom stereocenters. The highest BCUT2D eigenvalue weighted by Gasteiger charge is 2.14. The normalized spacial score (nSPS) is 20.1. The van der Waals surface area contributed by atoms with Crippen LogP contribution in [0.5, 0.6) is 0 Å². The number of piperazine rings is 1. The first-order chi connectivity index (χ1) is 7.36. The van der Waals surface area contributed by atoms with Gasteiger partial charge >= 0.3 is 0 Å². The third-order valence-corrected chi connectivity index (χ3v) is 2.80. The first kappa shape index (κ1) is 10.5. The van der Waals surface area contributed by atoms with E-state index < -0.39 is 0 Å². The van der Waals surface area contributed by atoms with Gasteiger partial charge in [0.05, 0.1) is 0 Å². The van der Waals surface area contributed by atoms with Crippen molar-refractivity contribution in [2.45, 2.75) is 6.04 Å². The molecule has 1 unspecified atom stereocenters. The minimum Gasteiger partial charge on any atom is -0.323 e. The van der Waals surface area contributed by atoms with Gasteiger partial charge in [-0.25, -0.2) is 0 Å². The van der Waals surface area contributed by atoms with Gasteiger partial charge < -0.3 is 11.1 Å². The Morgan fingerprint density at radius 2 is 2.00 bits per heavy atom. The second-order valence-corrected chi connectivity index (χ2v) is 3.94. The van der Waals surface area contributed by atoms with Crippen molar-refractivity contribution in [2.75, 3.05) is 32.7 Å². The van der Waals surface area contributed by atoms with Crippen molar-refractivity contribution < 1.29 is 0 Å². The summed E-state index contributed by atoms with van der Waals surface area (Å²) in [5.74, 6) is 0. The summed E-state index contributed by atoms with van der Waals surface area (Å²) in [6.45, 7) is 5.27. The van der Waals surface area contributed by atoms with Gasteiger partial charge in [0, 0.05) is 51.2 Å². The van der Waals surface area contributed by atoms with Gasteiger partial charge in [-0.2, -0.15) is 0 Å². The fraction of sp³-hybridized carbons (Fsp3) is 0.545. The maximum Gasteiger partial charge on any atom is 0.0425 e. The zero-order valence-electron chi connectivity index (χ0n) is 8.89. The Bertz CT molecular complexity index is 282. The second kappa shape index (κ2) is 5.21. The van der Waals surface area contributed by atoms with E-state index >= 15 is 0 Å². The van der Waals surface area contributed by atoms with E-state index in [0.717, 1.165) is 32.7 Å². The summed E-state index contributed by atoms with van der Waals surface area (Å²) in [5, 5.41) is 3.34. The number of pyridine rings is 1. The lowest BCUT2D eigenvalue weighted by Gasteiger charge is -2.29. The van der Waals surface area contributed by atoms with Gasteiger partial charge in [0.25, 0.3) is 0 Å². The molecular formula is C11H18N4. The average molecular weight is 206 g/mol. The number of nitrogens with two attached hydrogens (primary N) is 1. The number of hydrogen-bond donors (Lipinski definition) is 2. The van der Waals surface area contributed by atoms with Crippen LogP contribution in [0.4, 0.5) is 0 Å². The zero-order valence-corrected chi connectivity index (χ0v) is 8.89. The topological polar surface area (TPSA) is 54.2 Å². The van der Waals surface area contributed by atoms with Crippen LogP contribution in [0.15, 0.2) is 24.5 Å². The van der Waals surface area contributed by atoms with E-state index in [2.05, 4.69) is 15.2 Å². The molecule has 4 nitrogen and oxygen atoms in total. The van der Waals surface area contributed by atoms with Gasteiger partial charge in [0.1, 0.15) is 0 Å². The first-order valence-corrected chi connectivity index (χ1v) is 5.45. The van der Waals surface area contributed by atoms with E-state index in [1.165, 1.54) is 5.56 Å². The minimum absolute atomic E-state index is 0.103. The SMILES string of the molecule is NC(CN1CCNCC1)c1ccncc1. The van der Waals surface area contributed by atoms with Crippen LogP contribution in [0.25, 0.3) is 0 Å². The van der Waals surface area contributed by atoms with E-state index in [4.69, 9.17) is 5.73 Å². The molecule has 1 aromatic heterocycles. The van der Waals surface area contributed by atoms with Gasteiger partial charge in [-0.05, 0) is 17.7 Å². The molecule has 82 valence electrons. The molecule has 1 aliphatic rings. The molecule has 15 heavy (non-hydrogen) atoms. The minimum atomic E-state index is 0.103.